The fourth-order valence-electron chi connectivity index (χ4n) is 5.73. The Labute approximate surface area is 203 Å². The molecule has 2 bridgehead atoms. The van der Waals surface area contributed by atoms with Crippen LogP contribution in [0.5, 0.6) is 0 Å². The van der Waals surface area contributed by atoms with Crippen molar-refractivity contribution in [1.82, 2.24) is 0 Å². The summed E-state index contributed by atoms with van der Waals surface area (Å²) in [6, 6.07) is 6.50. The zero-order valence-electron chi connectivity index (χ0n) is 18.8. The molecule has 2 aromatic carbocycles. The summed E-state index contributed by atoms with van der Waals surface area (Å²) in [5.41, 5.74) is -3.37. The Morgan fingerprint density at radius 3 is 2.36 bits per heavy atom. The van der Waals surface area contributed by atoms with Crippen molar-refractivity contribution in [3.05, 3.63) is 75.9 Å². The van der Waals surface area contributed by atoms with E-state index in [1.165, 1.54) is 24.3 Å². The number of fused-ring (bicyclic) bond motifs is 3. The van der Waals surface area contributed by atoms with Gasteiger partial charge in [-0.15, -0.1) is 0 Å². The van der Waals surface area contributed by atoms with Crippen molar-refractivity contribution in [3.8, 4) is 0 Å². The Hall–Kier alpha value is -3.14. The first-order valence-electron chi connectivity index (χ1n) is 11.5. The third-order valence-electron chi connectivity index (χ3n) is 7.31. The highest BCUT2D eigenvalue weighted by atomic mass is 19.4. The van der Waals surface area contributed by atoms with E-state index in [9.17, 15) is 41.0 Å². The Kier molecular flexibility index (Phi) is 5.77. The van der Waals surface area contributed by atoms with Crippen molar-refractivity contribution in [1.29, 1.82) is 0 Å². The third-order valence-corrected chi connectivity index (χ3v) is 7.31. The fraction of sp³-hybridized carbons (Fsp3) is 0.385. The number of anilines is 1. The molecular weight excluding hydrogens is 488 g/mol. The Bertz CT molecular complexity index is 1290. The zero-order chi connectivity index (χ0) is 26.0. The van der Waals surface area contributed by atoms with Crippen LogP contribution < -0.4 is 4.90 Å². The molecule has 0 saturated carbocycles. The van der Waals surface area contributed by atoms with E-state index in [0.717, 1.165) is 24.6 Å². The molecule has 0 radical (unpaired) electrons. The summed E-state index contributed by atoms with van der Waals surface area (Å²) in [4.78, 5) is 27.6. The van der Waals surface area contributed by atoms with E-state index in [4.69, 9.17) is 0 Å². The molecule has 2 saturated heterocycles. The van der Waals surface area contributed by atoms with Crippen molar-refractivity contribution >= 4 is 17.3 Å². The number of benzene rings is 2. The molecule has 2 aliphatic heterocycles. The van der Waals surface area contributed by atoms with Crippen LogP contribution in [0, 0.1) is 0 Å². The highest BCUT2D eigenvalue weighted by Crippen LogP contribution is 2.44. The van der Waals surface area contributed by atoms with Gasteiger partial charge < -0.3 is 10.0 Å². The summed E-state index contributed by atoms with van der Waals surface area (Å²) in [5, 5.41) is 10.1. The quantitative estimate of drug-likeness (QED) is 0.432. The van der Waals surface area contributed by atoms with Crippen LogP contribution in [0.25, 0.3) is 0 Å². The number of rotatable bonds is 4. The molecule has 0 spiro atoms. The number of carbonyl (C=O) groups is 2. The summed E-state index contributed by atoms with van der Waals surface area (Å²) >= 11 is 0. The predicted octanol–water partition coefficient (Wildman–Crippen LogP) is 5.55. The molecule has 2 unspecified atom stereocenters. The Morgan fingerprint density at radius 2 is 1.75 bits per heavy atom. The number of aliphatic hydroxyl groups excluding tert-OH is 1. The first-order chi connectivity index (χ1) is 16.9. The lowest BCUT2D eigenvalue weighted by Gasteiger charge is -2.26. The molecule has 36 heavy (non-hydrogen) atoms. The average Bonchev–Trinajstić information content (AvgIpc) is 3.34. The molecule has 1 N–H and O–H groups in total. The molecule has 0 amide bonds. The van der Waals surface area contributed by atoms with Crippen LogP contribution in [0.1, 0.15) is 53.3 Å². The molecule has 1 aliphatic carbocycles. The van der Waals surface area contributed by atoms with Gasteiger partial charge in [0.15, 0.2) is 11.6 Å². The molecule has 3 aliphatic rings. The summed E-state index contributed by atoms with van der Waals surface area (Å²) in [6.07, 6.45) is -8.05. The van der Waals surface area contributed by atoms with E-state index in [2.05, 4.69) is 0 Å². The Balaban J connectivity index is 0.00000320. The molecule has 2 fully saturated rings. The molecule has 0 aromatic heterocycles. The van der Waals surface area contributed by atoms with Gasteiger partial charge in [0.25, 0.3) is 0 Å². The second-order valence-electron chi connectivity index (χ2n) is 9.44. The third kappa shape index (κ3) is 4.11. The number of aliphatic hydroxyl groups is 1. The zero-order valence-corrected chi connectivity index (χ0v) is 18.8. The second kappa shape index (κ2) is 8.47. The number of hydrogen-bond donors (Lipinski definition) is 1. The molecule has 2 aromatic rings. The summed E-state index contributed by atoms with van der Waals surface area (Å²) in [5.74, 6) is -2.11. The number of allylic oxidation sites excluding steroid dienone is 2. The van der Waals surface area contributed by atoms with Crippen molar-refractivity contribution in [2.45, 2.75) is 62.6 Å². The van der Waals surface area contributed by atoms with Gasteiger partial charge in [-0.3, -0.25) is 9.59 Å². The minimum atomic E-state index is -4.83. The van der Waals surface area contributed by atoms with E-state index in [1.54, 1.807) is 4.90 Å². The van der Waals surface area contributed by atoms with E-state index >= 15 is 0 Å². The van der Waals surface area contributed by atoms with Gasteiger partial charge in [-0.25, -0.2) is 0 Å². The molecule has 10 heteroatoms. The van der Waals surface area contributed by atoms with Crippen LogP contribution in [0.4, 0.5) is 32.0 Å². The smallest absolute Gasteiger partial charge is 0.391 e. The van der Waals surface area contributed by atoms with E-state index in [1.807, 2.05) is 0 Å². The van der Waals surface area contributed by atoms with Gasteiger partial charge in [0.05, 0.1) is 28.8 Å². The molecular formula is C26H23F6NO3. The summed E-state index contributed by atoms with van der Waals surface area (Å²) in [6.45, 7) is 0. The van der Waals surface area contributed by atoms with Gasteiger partial charge in [-0.2, -0.15) is 26.3 Å². The SMILES string of the molecule is O=C(Cc1ccc(N2C3CCC2[C@@H](O)C3)cc1C(F)(F)F)C1=CCc2cccc(C(F)(F)F)c2C1=O.[HH]. The minimum absolute atomic E-state index is 0. The van der Waals surface area contributed by atoms with Crippen molar-refractivity contribution in [2.75, 3.05) is 4.90 Å². The fourth-order valence-corrected chi connectivity index (χ4v) is 5.73. The maximum Gasteiger partial charge on any atom is 0.417 e. The maximum atomic E-state index is 14.0. The molecule has 3 atom stereocenters. The topological polar surface area (TPSA) is 57.6 Å². The first-order valence-corrected chi connectivity index (χ1v) is 11.5. The number of halogens is 6. The van der Waals surface area contributed by atoms with Gasteiger partial charge in [-0.05, 0) is 55.0 Å². The molecule has 4 nitrogen and oxygen atoms in total. The first kappa shape index (κ1) is 24.5. The van der Waals surface area contributed by atoms with E-state index in [0.29, 0.717) is 18.5 Å². The lowest BCUT2D eigenvalue weighted by molar-refractivity contribution is -0.139. The number of hydrogen-bond acceptors (Lipinski definition) is 4. The summed E-state index contributed by atoms with van der Waals surface area (Å²) in [7, 11) is 0. The van der Waals surface area contributed by atoms with Crippen LogP contribution in [0.3, 0.4) is 0 Å². The lowest BCUT2D eigenvalue weighted by Crippen LogP contribution is -2.32. The lowest BCUT2D eigenvalue weighted by atomic mass is 9.84. The Morgan fingerprint density at radius 1 is 1.03 bits per heavy atom. The van der Waals surface area contributed by atoms with Crippen LogP contribution in [-0.2, 0) is 30.0 Å². The van der Waals surface area contributed by atoms with Gasteiger partial charge in [-0.1, -0.05) is 24.3 Å². The standard InChI is InChI=1S/C26H21F6NO3.H2/c27-25(28,29)18-3-1-2-13-5-8-17(24(36)23(13)18)21(34)10-14-4-6-15(11-19(14)26(30,31)32)33-16-7-9-20(33)22(35)12-16;/h1-4,6,8,11,16,20,22,35H,5,7,9-10,12H2;1H/t16?,20?,22-;/m0./s1. The van der Waals surface area contributed by atoms with Crippen molar-refractivity contribution in [2.24, 2.45) is 0 Å². The minimum Gasteiger partial charge on any atom is -0.391 e. The number of alkyl halides is 6. The van der Waals surface area contributed by atoms with Gasteiger partial charge >= 0.3 is 12.4 Å². The summed E-state index contributed by atoms with van der Waals surface area (Å²) < 4.78 is 82.3. The van der Waals surface area contributed by atoms with Crippen LogP contribution in [-0.4, -0.2) is 34.9 Å². The largest absolute Gasteiger partial charge is 0.417 e. The highest BCUT2D eigenvalue weighted by molar-refractivity contribution is 6.28. The van der Waals surface area contributed by atoms with Gasteiger partial charge in [0.2, 0.25) is 0 Å². The molecule has 2 heterocycles. The monoisotopic (exact) mass is 511 g/mol. The molecule has 192 valence electrons. The number of ketones is 2. The van der Waals surface area contributed by atoms with E-state index in [-0.39, 0.29) is 31.1 Å². The second-order valence-corrected chi connectivity index (χ2v) is 9.44. The number of nitrogens with zero attached hydrogens (tertiary/aromatic N) is 1. The normalized spacial score (nSPS) is 23.6. The number of carbonyl (C=O) groups excluding carboxylic acids is 2. The number of Topliss-reactive ketones (excluding diaryl/α,β-unsaturated/α-hetero) is 2. The van der Waals surface area contributed by atoms with Crippen LogP contribution in [0.15, 0.2) is 48.0 Å². The van der Waals surface area contributed by atoms with E-state index < -0.39 is 58.7 Å². The average molecular weight is 511 g/mol. The van der Waals surface area contributed by atoms with Gasteiger partial charge in [0.1, 0.15) is 0 Å². The van der Waals surface area contributed by atoms with Gasteiger partial charge in [0, 0.05) is 25.1 Å². The molecule has 5 rings (SSSR count). The van der Waals surface area contributed by atoms with Crippen molar-refractivity contribution < 1.29 is 42.5 Å². The highest BCUT2D eigenvalue weighted by Gasteiger charge is 2.46. The maximum absolute atomic E-state index is 14.0. The van der Waals surface area contributed by atoms with Crippen molar-refractivity contribution in [3.63, 3.8) is 0 Å². The van der Waals surface area contributed by atoms with Crippen LogP contribution in [0.2, 0.25) is 0 Å². The van der Waals surface area contributed by atoms with Crippen LogP contribution >= 0.6 is 0 Å². The predicted molar refractivity (Wildman–Crippen MR) is 120 cm³/mol.